The maximum atomic E-state index is 12.2. The van der Waals surface area contributed by atoms with Crippen molar-refractivity contribution in [3.05, 3.63) is 42.2 Å². The summed E-state index contributed by atoms with van der Waals surface area (Å²) in [5, 5.41) is 25.1. The highest BCUT2D eigenvalue weighted by Gasteiger charge is 2.13. The molecule has 3 N–H and O–H groups in total. The van der Waals surface area contributed by atoms with Gasteiger partial charge in [0, 0.05) is 24.9 Å². The van der Waals surface area contributed by atoms with Gasteiger partial charge in [-0.1, -0.05) is 12.1 Å². The zero-order chi connectivity index (χ0) is 15.1. The zero-order valence-corrected chi connectivity index (χ0v) is 11.4. The van der Waals surface area contributed by atoms with Crippen molar-refractivity contribution in [2.45, 2.75) is 6.42 Å². The van der Waals surface area contributed by atoms with Crippen LogP contribution < -0.4 is 5.32 Å². The maximum Gasteiger partial charge on any atom is 0.253 e. The largest absolute Gasteiger partial charge is 0.352 e. The number of nitrogens with zero attached hydrogens (tertiary/aromatic N) is 3. The van der Waals surface area contributed by atoms with Crippen LogP contribution in [0.1, 0.15) is 16.8 Å². The monoisotopic (exact) mass is 284 g/mol. The van der Waals surface area contributed by atoms with E-state index in [9.17, 15) is 4.79 Å². The zero-order valence-electron chi connectivity index (χ0n) is 11.4. The van der Waals surface area contributed by atoms with Gasteiger partial charge < -0.3 is 16.1 Å². The van der Waals surface area contributed by atoms with Gasteiger partial charge in [0.25, 0.3) is 5.91 Å². The highest BCUT2D eigenvalue weighted by atomic mass is 16.1. The van der Waals surface area contributed by atoms with Gasteiger partial charge in [0.1, 0.15) is 0 Å². The SMILES string of the molecule is N=CC(C=N)CCNC(=O)c1ccccc1-n1nccn1. The van der Waals surface area contributed by atoms with Gasteiger partial charge >= 0.3 is 0 Å². The molecule has 0 fully saturated rings. The molecule has 0 spiro atoms. The molecule has 0 aliphatic carbocycles. The number of amides is 1. The lowest BCUT2D eigenvalue weighted by Gasteiger charge is -2.10. The van der Waals surface area contributed by atoms with E-state index in [-0.39, 0.29) is 11.8 Å². The Morgan fingerprint density at radius 2 is 1.90 bits per heavy atom. The molecule has 7 heteroatoms. The van der Waals surface area contributed by atoms with Crippen LogP contribution >= 0.6 is 0 Å². The highest BCUT2D eigenvalue weighted by Crippen LogP contribution is 2.12. The van der Waals surface area contributed by atoms with Gasteiger partial charge in [0.2, 0.25) is 0 Å². The second-order valence-corrected chi connectivity index (χ2v) is 4.38. The Balaban J connectivity index is 2.06. The summed E-state index contributed by atoms with van der Waals surface area (Å²) in [6, 6.07) is 7.07. The van der Waals surface area contributed by atoms with Gasteiger partial charge in [-0.2, -0.15) is 15.0 Å². The molecule has 0 atom stereocenters. The molecule has 108 valence electrons. The molecule has 1 aromatic carbocycles. The number of hydrogen-bond acceptors (Lipinski definition) is 5. The van der Waals surface area contributed by atoms with Crippen LogP contribution in [0.4, 0.5) is 0 Å². The minimum atomic E-state index is -0.242. The van der Waals surface area contributed by atoms with Crippen molar-refractivity contribution >= 4 is 18.3 Å². The number of rotatable bonds is 7. The van der Waals surface area contributed by atoms with Crippen LogP contribution in [0.15, 0.2) is 36.7 Å². The first-order valence-electron chi connectivity index (χ1n) is 6.51. The van der Waals surface area contributed by atoms with Crippen molar-refractivity contribution in [3.8, 4) is 5.69 Å². The summed E-state index contributed by atoms with van der Waals surface area (Å²) in [6.07, 6.45) is 6.02. The van der Waals surface area contributed by atoms with E-state index in [1.807, 2.05) is 6.07 Å². The minimum Gasteiger partial charge on any atom is -0.352 e. The Kier molecular flexibility index (Phi) is 4.92. The summed E-state index contributed by atoms with van der Waals surface area (Å²) < 4.78 is 0. The van der Waals surface area contributed by atoms with Crippen LogP contribution in [0.25, 0.3) is 5.69 Å². The second-order valence-electron chi connectivity index (χ2n) is 4.38. The molecule has 21 heavy (non-hydrogen) atoms. The number of benzene rings is 1. The van der Waals surface area contributed by atoms with Crippen molar-refractivity contribution in [1.82, 2.24) is 20.3 Å². The fourth-order valence-corrected chi connectivity index (χ4v) is 1.84. The number of carbonyl (C=O) groups is 1. The highest BCUT2D eigenvalue weighted by molar-refractivity contribution is 5.97. The lowest BCUT2D eigenvalue weighted by molar-refractivity contribution is 0.0952. The van der Waals surface area contributed by atoms with Crippen LogP contribution in [0.5, 0.6) is 0 Å². The first kappa shape index (κ1) is 14.6. The normalized spacial score (nSPS) is 11.6. The van der Waals surface area contributed by atoms with Gasteiger partial charge in [0.15, 0.2) is 0 Å². The van der Waals surface area contributed by atoms with Gasteiger partial charge in [-0.05, 0) is 18.6 Å². The molecule has 2 rings (SSSR count). The lowest BCUT2D eigenvalue weighted by Crippen LogP contribution is -2.27. The molecule has 2 aromatic rings. The third-order valence-corrected chi connectivity index (χ3v) is 2.97. The van der Waals surface area contributed by atoms with Gasteiger partial charge in [-0.25, -0.2) is 0 Å². The standard InChI is InChI=1S/C14H16N6O/c15-9-11(10-16)5-6-17-14(21)12-3-1-2-4-13(12)20-18-7-8-19-20/h1-4,7-11,15-16H,5-6H2,(H,17,21). The predicted molar refractivity (Wildman–Crippen MR) is 79.4 cm³/mol. The average molecular weight is 284 g/mol. The minimum absolute atomic E-state index is 0.225. The van der Waals surface area contributed by atoms with Crippen LogP contribution in [0, 0.1) is 16.7 Å². The molecule has 1 aromatic heterocycles. The number of para-hydroxylation sites is 1. The molecule has 0 saturated carbocycles. The predicted octanol–water partition coefficient (Wildman–Crippen LogP) is 1.30. The average Bonchev–Trinajstić information content (AvgIpc) is 3.05. The van der Waals surface area contributed by atoms with E-state index >= 15 is 0 Å². The number of nitrogens with one attached hydrogen (secondary N) is 3. The third-order valence-electron chi connectivity index (χ3n) is 2.97. The Morgan fingerprint density at radius 3 is 2.57 bits per heavy atom. The van der Waals surface area contributed by atoms with Crippen LogP contribution in [-0.4, -0.2) is 39.9 Å². The summed E-state index contributed by atoms with van der Waals surface area (Å²) >= 11 is 0. The van der Waals surface area contributed by atoms with E-state index in [2.05, 4.69) is 15.5 Å². The van der Waals surface area contributed by atoms with Crippen molar-refractivity contribution in [3.63, 3.8) is 0 Å². The van der Waals surface area contributed by atoms with Gasteiger partial charge in [-0.3, -0.25) is 4.79 Å². The topological polar surface area (TPSA) is 108 Å². The summed E-state index contributed by atoms with van der Waals surface area (Å²) in [5.74, 6) is -0.468. The van der Waals surface area contributed by atoms with Gasteiger partial charge in [-0.15, -0.1) is 0 Å². The van der Waals surface area contributed by atoms with E-state index in [1.165, 1.54) is 17.2 Å². The van der Waals surface area contributed by atoms with E-state index in [0.29, 0.717) is 24.2 Å². The molecule has 0 radical (unpaired) electrons. The summed E-state index contributed by atoms with van der Waals surface area (Å²) in [5.41, 5.74) is 1.09. The fraction of sp³-hybridized carbons (Fsp3) is 0.214. The Hall–Kier alpha value is -2.83. The molecule has 1 amide bonds. The fourth-order valence-electron chi connectivity index (χ4n) is 1.84. The summed E-state index contributed by atoms with van der Waals surface area (Å²) in [7, 11) is 0. The molecule has 0 unspecified atom stereocenters. The van der Waals surface area contributed by atoms with Crippen LogP contribution in [0.3, 0.4) is 0 Å². The van der Waals surface area contributed by atoms with Crippen molar-refractivity contribution in [2.24, 2.45) is 5.92 Å². The Bertz CT molecular complexity index is 614. The molecule has 0 saturated heterocycles. The van der Waals surface area contributed by atoms with Crippen molar-refractivity contribution < 1.29 is 4.79 Å². The van der Waals surface area contributed by atoms with Crippen LogP contribution in [-0.2, 0) is 0 Å². The quantitative estimate of drug-likeness (QED) is 0.667. The number of hydrogen-bond donors (Lipinski definition) is 3. The van der Waals surface area contributed by atoms with Crippen LogP contribution in [0.2, 0.25) is 0 Å². The van der Waals surface area contributed by atoms with E-state index in [4.69, 9.17) is 10.8 Å². The molecule has 0 aliphatic rings. The van der Waals surface area contributed by atoms with Crippen molar-refractivity contribution in [1.29, 1.82) is 10.8 Å². The molecular formula is C14H16N6O. The first-order valence-corrected chi connectivity index (χ1v) is 6.51. The van der Waals surface area contributed by atoms with E-state index < -0.39 is 0 Å². The molecule has 0 bridgehead atoms. The third kappa shape index (κ3) is 3.59. The van der Waals surface area contributed by atoms with Gasteiger partial charge in [0.05, 0.1) is 23.6 Å². The summed E-state index contributed by atoms with van der Waals surface area (Å²) in [6.45, 7) is 0.398. The smallest absolute Gasteiger partial charge is 0.253 e. The van der Waals surface area contributed by atoms with E-state index in [1.54, 1.807) is 30.6 Å². The maximum absolute atomic E-state index is 12.2. The Morgan fingerprint density at radius 1 is 1.24 bits per heavy atom. The lowest BCUT2D eigenvalue weighted by atomic mass is 10.1. The number of aromatic nitrogens is 3. The summed E-state index contributed by atoms with van der Waals surface area (Å²) in [4.78, 5) is 13.6. The molecular weight excluding hydrogens is 268 g/mol. The molecule has 7 nitrogen and oxygen atoms in total. The van der Waals surface area contributed by atoms with Crippen molar-refractivity contribution in [2.75, 3.05) is 6.54 Å². The first-order chi connectivity index (χ1) is 10.3. The Labute approximate surface area is 122 Å². The second kappa shape index (κ2) is 7.09. The molecule has 1 heterocycles. The molecule has 0 aliphatic heterocycles. The number of carbonyl (C=O) groups excluding carboxylic acids is 1. The van der Waals surface area contributed by atoms with E-state index in [0.717, 1.165) is 0 Å².